The van der Waals surface area contributed by atoms with E-state index in [4.69, 9.17) is 14.0 Å². The monoisotopic (exact) mass is 419 g/mol. The zero-order valence-corrected chi connectivity index (χ0v) is 15.7. The van der Waals surface area contributed by atoms with E-state index in [-0.39, 0.29) is 35.5 Å². The Bertz CT molecular complexity index is 1210. The molecule has 0 aliphatic heterocycles. The van der Waals surface area contributed by atoms with Crippen molar-refractivity contribution in [1.82, 2.24) is 20.1 Å². The normalized spacial score (nSPS) is 10.5. The molecule has 3 aromatic heterocycles. The van der Waals surface area contributed by atoms with Gasteiger partial charge in [0.15, 0.2) is 6.61 Å². The maximum atomic E-state index is 12.5. The van der Waals surface area contributed by atoms with Crippen LogP contribution in [0.4, 0.5) is 5.69 Å². The fraction of sp³-hybridized carbons (Fsp3) is 0.0500. The number of benzene rings is 1. The van der Waals surface area contributed by atoms with Crippen molar-refractivity contribution >= 4 is 11.7 Å². The Morgan fingerprint density at radius 3 is 2.65 bits per heavy atom. The lowest BCUT2D eigenvalue weighted by Gasteiger charge is -2.08. The number of carbonyl (C=O) groups excluding carboxylic acids is 1. The highest BCUT2D eigenvalue weighted by Crippen LogP contribution is 2.23. The first-order chi connectivity index (χ1) is 15.1. The second kappa shape index (κ2) is 8.78. The van der Waals surface area contributed by atoms with Crippen molar-refractivity contribution in [2.45, 2.75) is 6.61 Å². The summed E-state index contributed by atoms with van der Waals surface area (Å²) in [6, 6.07) is 12.1. The Morgan fingerprint density at radius 1 is 1.10 bits per heavy atom. The van der Waals surface area contributed by atoms with Crippen LogP contribution in [0.3, 0.4) is 0 Å². The van der Waals surface area contributed by atoms with Crippen molar-refractivity contribution in [3.05, 3.63) is 88.7 Å². The molecule has 0 saturated heterocycles. The Hall–Kier alpha value is -4.67. The Morgan fingerprint density at radius 2 is 1.90 bits per heavy atom. The van der Waals surface area contributed by atoms with Crippen LogP contribution in [0.5, 0.6) is 11.6 Å². The second-order valence-electron chi connectivity index (χ2n) is 6.04. The van der Waals surface area contributed by atoms with E-state index >= 15 is 0 Å². The molecule has 0 amide bonds. The zero-order valence-electron chi connectivity index (χ0n) is 15.7. The molecule has 1 aromatic carbocycles. The quantitative estimate of drug-likeness (QED) is 0.247. The summed E-state index contributed by atoms with van der Waals surface area (Å²) in [5.41, 5.74) is 0.579. The number of ether oxygens (including phenoxy) is 2. The lowest BCUT2D eigenvalue weighted by atomic mass is 10.2. The third-order valence-electron chi connectivity index (χ3n) is 3.97. The largest absolute Gasteiger partial charge is 0.452 e. The van der Waals surface area contributed by atoms with Gasteiger partial charge in [-0.15, -0.1) is 0 Å². The minimum atomic E-state index is -0.693. The number of nitrogens with zero attached hydrogens (tertiary/aromatic N) is 5. The summed E-state index contributed by atoms with van der Waals surface area (Å²) < 4.78 is 15.9. The number of rotatable bonds is 7. The van der Waals surface area contributed by atoms with Crippen molar-refractivity contribution in [3.8, 4) is 23.0 Å². The topological polar surface area (TPSA) is 143 Å². The van der Waals surface area contributed by atoms with Crippen LogP contribution in [-0.4, -0.2) is 31.0 Å². The van der Waals surface area contributed by atoms with Crippen LogP contribution >= 0.6 is 0 Å². The second-order valence-corrected chi connectivity index (χ2v) is 6.04. The molecule has 0 N–H and O–H groups in total. The summed E-state index contributed by atoms with van der Waals surface area (Å²) in [5, 5.41) is 14.5. The molecule has 4 aromatic rings. The summed E-state index contributed by atoms with van der Waals surface area (Å²) in [7, 11) is 0. The number of carbonyl (C=O) groups is 1. The van der Waals surface area contributed by atoms with Crippen LogP contribution in [-0.2, 0) is 11.3 Å². The van der Waals surface area contributed by atoms with Gasteiger partial charge in [0.2, 0.25) is 11.7 Å². The molecule has 0 bridgehead atoms. The number of pyridine rings is 2. The number of hydrogen-bond donors (Lipinski definition) is 0. The molecule has 0 saturated carbocycles. The van der Waals surface area contributed by atoms with Gasteiger partial charge in [-0.05, 0) is 36.4 Å². The first-order valence-corrected chi connectivity index (χ1v) is 8.87. The Labute approximate surface area is 174 Å². The molecule has 154 valence electrons. The van der Waals surface area contributed by atoms with Crippen LogP contribution < -0.4 is 4.74 Å². The van der Waals surface area contributed by atoms with Crippen LogP contribution in [0.15, 0.2) is 71.6 Å². The highest BCUT2D eigenvalue weighted by atomic mass is 16.6. The first kappa shape index (κ1) is 19.6. The zero-order chi connectivity index (χ0) is 21.6. The van der Waals surface area contributed by atoms with E-state index in [9.17, 15) is 14.9 Å². The van der Waals surface area contributed by atoms with Crippen LogP contribution in [0.25, 0.3) is 11.4 Å². The molecule has 0 radical (unpaired) electrons. The van der Waals surface area contributed by atoms with E-state index in [1.54, 1.807) is 24.4 Å². The molecular formula is C20H13N5O6. The standard InChI is InChI=1S/C20H13N5O6/c26-20(16-4-2-10-22-19(16)30-15-3-1-9-21-11-15)29-12-17-23-18(24-31-17)13-5-7-14(8-6-13)25(27)28/h1-11H,12H2. The van der Waals surface area contributed by atoms with Crippen molar-refractivity contribution < 1.29 is 23.7 Å². The van der Waals surface area contributed by atoms with Crippen LogP contribution in [0.1, 0.15) is 16.2 Å². The van der Waals surface area contributed by atoms with Crippen LogP contribution in [0.2, 0.25) is 0 Å². The van der Waals surface area contributed by atoms with Crippen molar-refractivity contribution in [3.63, 3.8) is 0 Å². The van der Waals surface area contributed by atoms with Gasteiger partial charge in [0, 0.05) is 30.1 Å². The molecule has 4 rings (SSSR count). The fourth-order valence-electron chi connectivity index (χ4n) is 2.51. The predicted molar refractivity (Wildman–Crippen MR) is 104 cm³/mol. The molecule has 3 heterocycles. The molecule has 0 atom stereocenters. The minimum Gasteiger partial charge on any atom is -0.452 e. The Kier molecular flexibility index (Phi) is 5.56. The summed E-state index contributed by atoms with van der Waals surface area (Å²) in [6.45, 7) is -0.278. The number of nitro benzene ring substituents is 1. The smallest absolute Gasteiger partial charge is 0.344 e. The molecule has 0 aliphatic rings. The average Bonchev–Trinajstić information content (AvgIpc) is 3.28. The summed E-state index contributed by atoms with van der Waals surface area (Å²) in [6.07, 6.45) is 4.56. The highest BCUT2D eigenvalue weighted by Gasteiger charge is 2.18. The average molecular weight is 419 g/mol. The maximum absolute atomic E-state index is 12.5. The van der Waals surface area contributed by atoms with E-state index in [0.717, 1.165) is 0 Å². The van der Waals surface area contributed by atoms with E-state index in [1.165, 1.54) is 42.7 Å². The van der Waals surface area contributed by atoms with Gasteiger partial charge in [-0.3, -0.25) is 15.1 Å². The molecular weight excluding hydrogens is 406 g/mol. The van der Waals surface area contributed by atoms with Gasteiger partial charge in [-0.2, -0.15) is 4.98 Å². The van der Waals surface area contributed by atoms with Gasteiger partial charge < -0.3 is 14.0 Å². The predicted octanol–water partition coefficient (Wildman–Crippen LogP) is 3.58. The minimum absolute atomic E-state index is 0.0535. The van der Waals surface area contributed by atoms with Gasteiger partial charge in [-0.25, -0.2) is 9.78 Å². The van der Waals surface area contributed by atoms with Crippen molar-refractivity contribution in [2.75, 3.05) is 0 Å². The molecule has 11 heteroatoms. The summed E-state index contributed by atoms with van der Waals surface area (Å²) in [5.74, 6) is 0.0582. The third kappa shape index (κ3) is 4.67. The molecule has 0 spiro atoms. The number of aromatic nitrogens is 4. The van der Waals surface area contributed by atoms with E-state index in [1.807, 2.05) is 0 Å². The molecule has 0 unspecified atom stereocenters. The van der Waals surface area contributed by atoms with Gasteiger partial charge in [-0.1, -0.05) is 5.16 Å². The number of non-ortho nitro benzene ring substituents is 1. The Balaban J connectivity index is 1.42. The lowest BCUT2D eigenvalue weighted by Crippen LogP contribution is -2.08. The third-order valence-corrected chi connectivity index (χ3v) is 3.97. The maximum Gasteiger partial charge on any atom is 0.344 e. The van der Waals surface area contributed by atoms with E-state index in [0.29, 0.717) is 11.3 Å². The summed E-state index contributed by atoms with van der Waals surface area (Å²) in [4.78, 5) is 34.9. The fourth-order valence-corrected chi connectivity index (χ4v) is 2.51. The van der Waals surface area contributed by atoms with Crippen molar-refractivity contribution in [2.24, 2.45) is 0 Å². The van der Waals surface area contributed by atoms with Gasteiger partial charge in [0.25, 0.3) is 11.6 Å². The van der Waals surface area contributed by atoms with Gasteiger partial charge >= 0.3 is 5.97 Å². The number of nitro groups is 1. The first-order valence-electron chi connectivity index (χ1n) is 8.87. The number of hydrogen-bond acceptors (Lipinski definition) is 10. The molecule has 0 aliphatic carbocycles. The SMILES string of the molecule is O=C(OCc1nc(-c2ccc([N+](=O)[O-])cc2)no1)c1cccnc1Oc1cccnc1. The van der Waals surface area contributed by atoms with E-state index in [2.05, 4.69) is 20.1 Å². The van der Waals surface area contributed by atoms with Crippen molar-refractivity contribution in [1.29, 1.82) is 0 Å². The number of esters is 1. The van der Waals surface area contributed by atoms with Crippen LogP contribution in [0, 0.1) is 10.1 Å². The van der Waals surface area contributed by atoms with E-state index < -0.39 is 10.9 Å². The molecule has 31 heavy (non-hydrogen) atoms. The van der Waals surface area contributed by atoms with Gasteiger partial charge in [0.05, 0.1) is 11.1 Å². The molecule has 11 nitrogen and oxygen atoms in total. The van der Waals surface area contributed by atoms with Gasteiger partial charge in [0.1, 0.15) is 11.3 Å². The molecule has 0 fully saturated rings. The lowest BCUT2D eigenvalue weighted by molar-refractivity contribution is -0.384. The summed E-state index contributed by atoms with van der Waals surface area (Å²) >= 11 is 0. The highest BCUT2D eigenvalue weighted by molar-refractivity contribution is 5.91.